The molecule has 0 aliphatic carbocycles. The van der Waals surface area contributed by atoms with E-state index < -0.39 is 48.7 Å². The van der Waals surface area contributed by atoms with Crippen molar-refractivity contribution in [2.75, 3.05) is 39.3 Å². The predicted molar refractivity (Wildman–Crippen MR) is 145 cm³/mol. The fourth-order valence-electron chi connectivity index (χ4n) is 0.913. The first-order chi connectivity index (χ1) is 13.5. The second kappa shape index (κ2) is 90.1. The van der Waals surface area contributed by atoms with Crippen LogP contribution in [0.4, 0.5) is 0 Å². The maximum absolute atomic E-state index is 10.7. The van der Waals surface area contributed by atoms with Crippen molar-refractivity contribution in [1.82, 2.24) is 10.6 Å². The number of carboxylic acid groups (broad SMARTS) is 2. The summed E-state index contributed by atoms with van der Waals surface area (Å²) in [4.78, 5) is 62.1. The first-order valence-electron chi connectivity index (χ1n) is 8.29. The molecule has 44 heavy (non-hydrogen) atoms. The standard InChI is InChI=1S/2C6H11N3O4.C3H8.Ca.ClH.Mg.3H2N.8H2O.Zn/c2*7-1-4(10)8-2-5(11)9-3-6(12)13;1-3-2;;;;;;;;;;;;;;;/h2*1-3,7H2,(H3,8,9,10,11,12,13);3H2,1-2H3;;1H;;11*1H2;/q;;;+2;;+2;3*-1;;;;;;;;;+2/p-10. The molecule has 0 saturated heterocycles. The zero-order chi connectivity index (χ0) is 23.2. The van der Waals surface area contributed by atoms with E-state index in [2.05, 4.69) is 35.1 Å². The van der Waals surface area contributed by atoms with Crippen LogP contribution in [0.5, 0.6) is 0 Å². The minimum atomic E-state index is -1.45. The zero-order valence-corrected chi connectivity index (χ0v) is 31.6. The number of hydrogen-bond acceptors (Lipinski definition) is 15. The van der Waals surface area contributed by atoms with E-state index >= 15 is 0 Å². The van der Waals surface area contributed by atoms with E-state index in [1.54, 1.807) is 0 Å². The number of aliphatic carboxylic acids is 2. The zero-order valence-electron chi connectivity index (χ0n) is 24.2. The van der Waals surface area contributed by atoms with E-state index in [0.717, 1.165) is 0 Å². The smallest absolute Gasteiger partial charge is 1.00 e. The minimum absolute atomic E-state index is 0. The second-order valence-electron chi connectivity index (χ2n) is 4.85. The van der Waals surface area contributed by atoms with Gasteiger partial charge in [0.2, 0.25) is 11.8 Å². The van der Waals surface area contributed by atoms with Crippen LogP contribution in [0.2, 0.25) is 0 Å². The molecule has 0 aromatic rings. The van der Waals surface area contributed by atoms with Crippen molar-refractivity contribution in [1.29, 1.82) is 0 Å². The molecule has 0 radical (unpaired) electrons. The van der Waals surface area contributed by atoms with Crippen LogP contribution in [0.3, 0.4) is 0 Å². The van der Waals surface area contributed by atoms with Gasteiger partial charge in [-0.15, -0.1) is 0 Å². The molecule has 0 unspecified atom stereocenters. The summed E-state index contributed by atoms with van der Waals surface area (Å²) in [6.45, 7) is 1.86. The molecule has 0 bridgehead atoms. The Labute approximate surface area is 319 Å². The molecule has 0 heterocycles. The first kappa shape index (κ1) is 121. The molecule has 0 atom stereocenters. The summed E-state index contributed by atoms with van der Waals surface area (Å²) < 4.78 is 0. The number of carbonyl (C=O) groups excluding carboxylic acids is 5. The quantitative estimate of drug-likeness (QED) is 0.129. The van der Waals surface area contributed by atoms with Crippen LogP contribution in [-0.2, 0) is 48.2 Å². The Balaban J connectivity index is -0.0000000134. The molecular weight excluding hydrogens is 727 g/mol. The van der Waals surface area contributed by atoms with E-state index in [0.29, 0.717) is 0 Å². The van der Waals surface area contributed by atoms with Gasteiger partial charge in [0.1, 0.15) is 0 Å². The average molecular weight is 771 g/mol. The van der Waals surface area contributed by atoms with Crippen LogP contribution < -0.4 is 39.6 Å². The molecule has 4 amide bonds. The van der Waals surface area contributed by atoms with Crippen LogP contribution in [0.1, 0.15) is 20.3 Å². The summed E-state index contributed by atoms with van der Waals surface area (Å²) in [7, 11) is 0. The SMILES string of the molecule is CCC.NCC(=O)NCC(=O)[N-]CC(=O)O.NCC(=O)NCC(=O)[N-]CC(=O)[O-].O.O.[Ca+2].[Cl-].[Mg+2].[NH2-].[NH2-].[NH2-].[OH-].[OH-].[OH-].[OH-].[OH-].[OH-].[Zn+2]. The van der Waals surface area contributed by atoms with Gasteiger partial charge in [0.25, 0.3) is 5.97 Å². The maximum atomic E-state index is 10.7. The van der Waals surface area contributed by atoms with Gasteiger partial charge in [-0.1, -0.05) is 26.8 Å². The third kappa shape index (κ3) is 124. The van der Waals surface area contributed by atoms with Crippen molar-refractivity contribution >= 4 is 96.4 Å². The monoisotopic (exact) mass is 768 g/mol. The molecule has 0 saturated carbocycles. The number of nitrogens with two attached hydrogens (primary N) is 5. The molecule has 0 rings (SSSR count). The van der Waals surface area contributed by atoms with Gasteiger partial charge in [-0.2, -0.15) is 0 Å². The summed E-state index contributed by atoms with van der Waals surface area (Å²) in [6.07, 6.45) is 1.25. The molecule has 29 heteroatoms. The Morgan fingerprint density at radius 3 is 1.11 bits per heavy atom. The molecule has 264 valence electrons. The van der Waals surface area contributed by atoms with Crippen LogP contribution >= 0.6 is 0 Å². The first-order valence-corrected chi connectivity index (χ1v) is 8.29. The third-order valence-corrected chi connectivity index (χ3v) is 2.02. The number of amides is 4. The number of nitrogens with zero attached hydrogens (tertiary/aromatic N) is 2. The number of nitrogens with one attached hydrogen (secondary N) is 2. The van der Waals surface area contributed by atoms with E-state index in [-0.39, 0.29) is 181 Å². The molecule has 23 N–H and O–H groups in total. The van der Waals surface area contributed by atoms with Crippen molar-refractivity contribution in [3.8, 4) is 0 Å². The van der Waals surface area contributed by atoms with E-state index in [9.17, 15) is 33.9 Å². The predicted octanol–water partition coefficient (Wildman–Crippen LogP) is -8.15. The van der Waals surface area contributed by atoms with E-state index in [4.69, 9.17) is 16.6 Å². The van der Waals surface area contributed by atoms with Gasteiger partial charge in [0, 0.05) is 5.97 Å². The Morgan fingerprint density at radius 1 is 0.705 bits per heavy atom. The molecule has 0 spiro atoms. The van der Waals surface area contributed by atoms with Crippen molar-refractivity contribution in [2.24, 2.45) is 11.5 Å². The van der Waals surface area contributed by atoms with Gasteiger partial charge in [-0.3, -0.25) is 14.4 Å². The summed E-state index contributed by atoms with van der Waals surface area (Å²) >= 11 is 0. The Kier molecular flexibility index (Phi) is 248. The molecule has 0 aliphatic rings. The van der Waals surface area contributed by atoms with Crippen LogP contribution in [0.25, 0.3) is 29.1 Å². The number of rotatable bonds is 10. The fourth-order valence-corrected chi connectivity index (χ4v) is 0.913. The number of carboxylic acids is 2. The average Bonchev–Trinajstić information content (AvgIpc) is 2.67. The summed E-state index contributed by atoms with van der Waals surface area (Å²) in [5.41, 5.74) is 9.85. The fraction of sp³-hybridized carbons (Fsp3) is 0.600. The van der Waals surface area contributed by atoms with Crippen LogP contribution in [0.15, 0.2) is 0 Å². The minimum Gasteiger partial charge on any atom is -1.00 e. The Hall–Kier alpha value is -0.761. The van der Waals surface area contributed by atoms with Gasteiger partial charge in [0.05, 0.1) is 38.0 Å². The maximum Gasteiger partial charge on any atom is 2.00 e. The van der Waals surface area contributed by atoms with Crippen LogP contribution in [0, 0.1) is 0 Å². The van der Waals surface area contributed by atoms with Crippen molar-refractivity contribution < 1.29 is 115 Å². The van der Waals surface area contributed by atoms with Gasteiger partial charge in [-0.05, 0) is 6.54 Å². The number of halogens is 1. The van der Waals surface area contributed by atoms with Gasteiger partial charge in [0.15, 0.2) is 0 Å². The number of hydrogen-bond donors (Lipinski definition) is 5. The topological polar surface area (TPSA) is 594 Å². The molecular formula is C15H43CaClMgN9O16Zn-7. The van der Waals surface area contributed by atoms with Crippen LogP contribution in [-0.4, -0.2) is 185 Å². The third-order valence-electron chi connectivity index (χ3n) is 2.02. The summed E-state index contributed by atoms with van der Waals surface area (Å²) in [5, 5.41) is 28.5. The van der Waals surface area contributed by atoms with Gasteiger partial charge in [-0.25, -0.2) is 0 Å². The number of carbonyl (C=O) groups is 6. The van der Waals surface area contributed by atoms with Gasteiger partial charge < -0.3 is 132 Å². The summed E-state index contributed by atoms with van der Waals surface area (Å²) in [5.74, 6) is -5.05. The molecule has 0 fully saturated rings. The van der Waals surface area contributed by atoms with E-state index in [1.165, 1.54) is 6.42 Å². The molecule has 0 aromatic carbocycles. The van der Waals surface area contributed by atoms with Crippen molar-refractivity contribution in [3.05, 3.63) is 29.1 Å². The molecule has 0 aromatic heterocycles. The van der Waals surface area contributed by atoms with Crippen molar-refractivity contribution in [2.45, 2.75) is 20.3 Å². The largest absolute Gasteiger partial charge is 2.00 e. The van der Waals surface area contributed by atoms with Crippen molar-refractivity contribution in [3.63, 3.8) is 0 Å². The molecule has 25 nitrogen and oxygen atoms in total. The normalized spacial score (nSPS) is 5.73. The Morgan fingerprint density at radius 2 is 0.932 bits per heavy atom. The van der Waals surface area contributed by atoms with E-state index in [1.807, 2.05) is 0 Å². The van der Waals surface area contributed by atoms with Gasteiger partial charge >= 0.3 is 80.3 Å². The Bertz CT molecular complexity index is 541. The second-order valence-corrected chi connectivity index (χ2v) is 4.85. The summed E-state index contributed by atoms with van der Waals surface area (Å²) in [6, 6.07) is 0. The molecule has 0 aliphatic heterocycles.